The second kappa shape index (κ2) is 5.03. The summed E-state index contributed by atoms with van der Waals surface area (Å²) in [5, 5.41) is 2.75. The Morgan fingerprint density at radius 2 is 1.78 bits per heavy atom. The molecule has 18 heavy (non-hydrogen) atoms. The molecule has 0 aliphatic heterocycles. The van der Waals surface area contributed by atoms with E-state index < -0.39 is 28.7 Å². The second-order valence-corrected chi connectivity index (χ2v) is 3.52. The lowest BCUT2D eigenvalue weighted by atomic mass is 10.1. The number of nitrogens with zero attached hydrogens (tertiary/aromatic N) is 2. The van der Waals surface area contributed by atoms with E-state index in [1.807, 2.05) is 0 Å². The van der Waals surface area contributed by atoms with Crippen molar-refractivity contribution in [2.45, 2.75) is 6.92 Å². The highest BCUT2D eigenvalue weighted by Crippen LogP contribution is 2.26. The lowest BCUT2D eigenvalue weighted by Gasteiger charge is -2.07. The molecule has 1 N–H and O–H groups in total. The largest absolute Gasteiger partial charge is 0.354 e. The molecule has 0 spiro atoms. The first-order valence-electron chi connectivity index (χ1n) is 5.34. The van der Waals surface area contributed by atoms with Crippen molar-refractivity contribution in [3.63, 3.8) is 0 Å². The van der Waals surface area contributed by atoms with E-state index in [9.17, 15) is 13.2 Å². The number of aromatic nitrogens is 2. The average Bonchev–Trinajstić information content (AvgIpc) is 2.33. The molecule has 0 saturated heterocycles. The van der Waals surface area contributed by atoms with Gasteiger partial charge in [-0.3, -0.25) is 0 Å². The van der Waals surface area contributed by atoms with Gasteiger partial charge in [0.1, 0.15) is 17.3 Å². The second-order valence-electron chi connectivity index (χ2n) is 3.52. The predicted molar refractivity (Wildman–Crippen MR) is 61.5 cm³/mol. The summed E-state index contributed by atoms with van der Waals surface area (Å²) in [6.45, 7) is 2.32. The number of hydrogen-bond donors (Lipinski definition) is 1. The van der Waals surface area contributed by atoms with Gasteiger partial charge in [-0.25, -0.2) is 23.1 Å². The number of nitrogens with one attached hydrogen (secondary N) is 1. The first-order chi connectivity index (χ1) is 8.63. The molecule has 0 aliphatic rings. The third kappa shape index (κ3) is 2.27. The van der Waals surface area contributed by atoms with Gasteiger partial charge in [0.25, 0.3) is 0 Å². The van der Waals surface area contributed by atoms with E-state index in [2.05, 4.69) is 15.3 Å². The Morgan fingerprint density at radius 3 is 2.39 bits per heavy atom. The monoisotopic (exact) mass is 253 g/mol. The summed E-state index contributed by atoms with van der Waals surface area (Å²) >= 11 is 0. The van der Waals surface area contributed by atoms with Crippen molar-refractivity contribution in [2.75, 3.05) is 11.9 Å². The van der Waals surface area contributed by atoms with Crippen molar-refractivity contribution < 1.29 is 13.2 Å². The Kier molecular flexibility index (Phi) is 3.45. The number of rotatable bonds is 3. The summed E-state index contributed by atoms with van der Waals surface area (Å²) < 4.78 is 40.7. The van der Waals surface area contributed by atoms with Crippen LogP contribution in [0.3, 0.4) is 0 Å². The summed E-state index contributed by atoms with van der Waals surface area (Å²) in [4.78, 5) is 7.45. The van der Waals surface area contributed by atoms with Crippen molar-refractivity contribution in [3.05, 3.63) is 41.8 Å². The van der Waals surface area contributed by atoms with E-state index in [-0.39, 0.29) is 5.95 Å². The molecule has 0 fully saturated rings. The zero-order chi connectivity index (χ0) is 13.1. The van der Waals surface area contributed by atoms with Crippen LogP contribution in [0, 0.1) is 17.5 Å². The molecule has 0 saturated carbocycles. The fraction of sp³-hybridized carbons (Fsp3) is 0.167. The van der Waals surface area contributed by atoms with Crippen LogP contribution in [0.1, 0.15) is 6.92 Å². The van der Waals surface area contributed by atoms with Gasteiger partial charge < -0.3 is 5.32 Å². The number of anilines is 1. The number of halogens is 3. The van der Waals surface area contributed by atoms with Crippen LogP contribution in [0.5, 0.6) is 0 Å². The molecule has 6 heteroatoms. The molecule has 1 aromatic heterocycles. The highest BCUT2D eigenvalue weighted by Gasteiger charge is 2.17. The molecule has 1 aromatic carbocycles. The van der Waals surface area contributed by atoms with E-state index >= 15 is 0 Å². The normalized spacial score (nSPS) is 10.4. The minimum absolute atomic E-state index is 0.122. The van der Waals surface area contributed by atoms with Crippen molar-refractivity contribution in [2.24, 2.45) is 0 Å². The first-order valence-corrected chi connectivity index (χ1v) is 5.34. The zero-order valence-corrected chi connectivity index (χ0v) is 9.54. The predicted octanol–water partition coefficient (Wildman–Crippen LogP) is 2.99. The van der Waals surface area contributed by atoms with Crippen LogP contribution in [0.25, 0.3) is 11.3 Å². The van der Waals surface area contributed by atoms with Crippen molar-refractivity contribution in [1.82, 2.24) is 9.97 Å². The lowest BCUT2D eigenvalue weighted by Crippen LogP contribution is -2.05. The molecule has 2 aromatic rings. The van der Waals surface area contributed by atoms with Gasteiger partial charge in [-0.15, -0.1) is 0 Å². The van der Waals surface area contributed by atoms with Gasteiger partial charge in [-0.2, -0.15) is 0 Å². The van der Waals surface area contributed by atoms with Crippen LogP contribution in [0.2, 0.25) is 0 Å². The maximum atomic E-state index is 13.6. The molecule has 0 bridgehead atoms. The summed E-state index contributed by atoms with van der Waals surface area (Å²) in [7, 11) is 0. The van der Waals surface area contributed by atoms with Crippen LogP contribution < -0.4 is 5.32 Å². The van der Waals surface area contributed by atoms with Gasteiger partial charge >= 0.3 is 0 Å². The minimum atomic E-state index is -0.874. The summed E-state index contributed by atoms with van der Waals surface area (Å²) in [6.07, 6.45) is 0.881. The molecule has 3 nitrogen and oxygen atoms in total. The molecular weight excluding hydrogens is 243 g/mol. The van der Waals surface area contributed by atoms with E-state index in [0.717, 1.165) is 18.3 Å². The van der Waals surface area contributed by atoms with E-state index in [4.69, 9.17) is 0 Å². The van der Waals surface area contributed by atoms with Crippen LogP contribution >= 0.6 is 0 Å². The average molecular weight is 253 g/mol. The standard InChI is InChI=1S/C12H10F3N3/c1-2-16-12-17-6-9(15)11(18-12)10-7(13)4-3-5-8(10)14/h3-6H,2H2,1H3,(H,16,17,18). The molecule has 94 valence electrons. The Bertz CT molecular complexity index is 552. The van der Waals surface area contributed by atoms with Gasteiger partial charge in [-0.1, -0.05) is 6.07 Å². The van der Waals surface area contributed by atoms with E-state index in [1.165, 1.54) is 6.07 Å². The van der Waals surface area contributed by atoms with Crippen LogP contribution in [-0.2, 0) is 0 Å². The molecule has 0 aliphatic carbocycles. The Balaban J connectivity index is 2.59. The fourth-order valence-corrected chi connectivity index (χ4v) is 1.51. The number of benzene rings is 1. The van der Waals surface area contributed by atoms with Crippen molar-refractivity contribution >= 4 is 5.95 Å². The van der Waals surface area contributed by atoms with Gasteiger partial charge in [0.05, 0.1) is 11.8 Å². The molecule has 2 rings (SSSR count). The van der Waals surface area contributed by atoms with Gasteiger partial charge in [0.2, 0.25) is 5.95 Å². The smallest absolute Gasteiger partial charge is 0.223 e. The van der Waals surface area contributed by atoms with Crippen LogP contribution in [0.15, 0.2) is 24.4 Å². The summed E-state index contributed by atoms with van der Waals surface area (Å²) in [5.74, 6) is -2.48. The minimum Gasteiger partial charge on any atom is -0.354 e. The van der Waals surface area contributed by atoms with E-state index in [0.29, 0.717) is 6.54 Å². The van der Waals surface area contributed by atoms with Crippen molar-refractivity contribution in [1.29, 1.82) is 0 Å². The fourth-order valence-electron chi connectivity index (χ4n) is 1.51. The third-order valence-electron chi connectivity index (χ3n) is 2.28. The lowest BCUT2D eigenvalue weighted by molar-refractivity contribution is 0.577. The highest BCUT2D eigenvalue weighted by molar-refractivity contribution is 5.62. The molecule has 0 atom stereocenters. The Hall–Kier alpha value is -2.11. The maximum absolute atomic E-state index is 13.6. The maximum Gasteiger partial charge on any atom is 0.223 e. The topological polar surface area (TPSA) is 37.8 Å². The highest BCUT2D eigenvalue weighted by atomic mass is 19.1. The third-order valence-corrected chi connectivity index (χ3v) is 2.28. The quantitative estimate of drug-likeness (QED) is 0.913. The molecular formula is C12H10F3N3. The molecule has 0 unspecified atom stereocenters. The van der Waals surface area contributed by atoms with Gasteiger partial charge in [0.15, 0.2) is 5.82 Å². The van der Waals surface area contributed by atoms with Crippen LogP contribution in [0.4, 0.5) is 19.1 Å². The van der Waals surface area contributed by atoms with Gasteiger partial charge in [0, 0.05) is 6.54 Å². The SMILES string of the molecule is CCNc1ncc(F)c(-c2c(F)cccc2F)n1. The summed E-state index contributed by atoms with van der Waals surface area (Å²) in [5.41, 5.74) is -0.881. The first kappa shape index (κ1) is 12.3. The molecule has 0 amide bonds. The molecule has 1 heterocycles. The number of hydrogen-bond acceptors (Lipinski definition) is 3. The van der Waals surface area contributed by atoms with E-state index in [1.54, 1.807) is 6.92 Å². The summed E-state index contributed by atoms with van der Waals surface area (Å²) in [6, 6.07) is 3.30. The zero-order valence-electron chi connectivity index (χ0n) is 9.54. The van der Waals surface area contributed by atoms with Crippen molar-refractivity contribution in [3.8, 4) is 11.3 Å². The van der Waals surface area contributed by atoms with Crippen LogP contribution in [-0.4, -0.2) is 16.5 Å². The Morgan fingerprint density at radius 1 is 1.11 bits per heavy atom. The molecule has 0 radical (unpaired) electrons. The van der Waals surface area contributed by atoms with Gasteiger partial charge in [-0.05, 0) is 19.1 Å². The Labute approximate surface area is 102 Å².